The number of carbonyl (C=O) groups excluding carboxylic acids is 1. The van der Waals surface area contributed by atoms with Gasteiger partial charge in [0, 0.05) is 23.2 Å². The summed E-state index contributed by atoms with van der Waals surface area (Å²) >= 11 is 3.52. The number of piperidine rings is 1. The molecule has 1 unspecified atom stereocenters. The van der Waals surface area contributed by atoms with Crippen LogP contribution in [0.5, 0.6) is 0 Å². The molecule has 0 bridgehead atoms. The van der Waals surface area contributed by atoms with Crippen molar-refractivity contribution in [3.63, 3.8) is 0 Å². The topological polar surface area (TPSA) is 66.5 Å². The van der Waals surface area contributed by atoms with E-state index in [1.807, 2.05) is 12.1 Å². The molecule has 0 radical (unpaired) electrons. The Labute approximate surface area is 159 Å². The van der Waals surface area contributed by atoms with Crippen LogP contribution in [0.25, 0.3) is 0 Å². The molecule has 1 fully saturated rings. The minimum Gasteiger partial charge on any atom is -0.325 e. The van der Waals surface area contributed by atoms with Crippen LogP contribution in [-0.2, 0) is 27.7 Å². The van der Waals surface area contributed by atoms with E-state index in [4.69, 9.17) is 0 Å². The van der Waals surface area contributed by atoms with Crippen LogP contribution in [0.1, 0.15) is 44.7 Å². The number of nitrogens with one attached hydrogen (secondary N) is 1. The number of hydrogen-bond donors (Lipinski definition) is 1. The Morgan fingerprint density at radius 3 is 2.36 bits per heavy atom. The molecule has 5 nitrogen and oxygen atoms in total. The highest BCUT2D eigenvalue weighted by atomic mass is 79.9. The molecule has 7 heteroatoms. The van der Waals surface area contributed by atoms with E-state index >= 15 is 0 Å². The van der Waals surface area contributed by atoms with Gasteiger partial charge >= 0.3 is 0 Å². The standard InChI is InChI=1S/C18H27BrN2O3S/c1-4-13-10-16(19)11-14(5-2)17(13)20-18(22)15-8-7-9-21(12-15)25(23,24)6-3/h10-11,15H,4-9,12H2,1-3H3,(H,20,22). The molecule has 1 heterocycles. The fraction of sp³-hybridized carbons (Fsp3) is 0.611. The van der Waals surface area contributed by atoms with Crippen molar-refractivity contribution in [2.45, 2.75) is 46.5 Å². The van der Waals surface area contributed by atoms with Crippen LogP contribution < -0.4 is 5.32 Å². The van der Waals surface area contributed by atoms with Gasteiger partial charge in [-0.3, -0.25) is 4.79 Å². The molecule has 140 valence electrons. The molecule has 1 amide bonds. The van der Waals surface area contributed by atoms with Gasteiger partial charge in [-0.2, -0.15) is 0 Å². The van der Waals surface area contributed by atoms with Crippen LogP contribution in [0.2, 0.25) is 0 Å². The van der Waals surface area contributed by atoms with Gasteiger partial charge in [0.2, 0.25) is 15.9 Å². The number of benzene rings is 1. The number of nitrogens with zero attached hydrogens (tertiary/aromatic N) is 1. The van der Waals surface area contributed by atoms with Crippen molar-refractivity contribution in [1.82, 2.24) is 4.31 Å². The number of anilines is 1. The van der Waals surface area contributed by atoms with E-state index < -0.39 is 10.0 Å². The van der Waals surface area contributed by atoms with Gasteiger partial charge in [0.05, 0.1) is 11.7 Å². The van der Waals surface area contributed by atoms with Crippen molar-refractivity contribution >= 4 is 37.5 Å². The number of carbonyl (C=O) groups is 1. The first-order chi connectivity index (χ1) is 11.8. The molecular formula is C18H27BrN2O3S. The molecule has 1 aromatic carbocycles. The summed E-state index contributed by atoms with van der Waals surface area (Å²) in [5.74, 6) is -0.301. The molecule has 0 aliphatic carbocycles. The third-order valence-corrected chi connectivity index (χ3v) is 7.10. The molecule has 1 saturated heterocycles. The summed E-state index contributed by atoms with van der Waals surface area (Å²) in [4.78, 5) is 12.8. The SMILES string of the molecule is CCc1cc(Br)cc(CC)c1NC(=O)C1CCCN(S(=O)(=O)CC)C1. The van der Waals surface area contributed by atoms with Gasteiger partial charge in [0.25, 0.3) is 0 Å². The van der Waals surface area contributed by atoms with E-state index in [-0.39, 0.29) is 24.1 Å². The van der Waals surface area contributed by atoms with Crippen LogP contribution in [0.3, 0.4) is 0 Å². The van der Waals surface area contributed by atoms with E-state index in [0.29, 0.717) is 6.54 Å². The molecule has 2 rings (SSSR count). The number of aryl methyl sites for hydroxylation is 2. The van der Waals surface area contributed by atoms with E-state index in [1.165, 1.54) is 4.31 Å². The highest BCUT2D eigenvalue weighted by Gasteiger charge is 2.31. The Morgan fingerprint density at radius 1 is 1.24 bits per heavy atom. The Balaban J connectivity index is 2.20. The van der Waals surface area contributed by atoms with Gasteiger partial charge < -0.3 is 5.32 Å². The highest BCUT2D eigenvalue weighted by Crippen LogP contribution is 2.29. The lowest BCUT2D eigenvalue weighted by molar-refractivity contribution is -0.120. The fourth-order valence-corrected chi connectivity index (χ4v) is 4.99. The van der Waals surface area contributed by atoms with E-state index in [2.05, 4.69) is 35.1 Å². The lowest BCUT2D eigenvalue weighted by atomic mass is 9.97. The van der Waals surface area contributed by atoms with Crippen LogP contribution >= 0.6 is 15.9 Å². The third kappa shape index (κ3) is 4.83. The predicted molar refractivity (Wildman–Crippen MR) is 105 cm³/mol. The monoisotopic (exact) mass is 430 g/mol. The first-order valence-electron chi connectivity index (χ1n) is 8.92. The number of rotatable bonds is 6. The maximum atomic E-state index is 12.8. The summed E-state index contributed by atoms with van der Waals surface area (Å²) in [6, 6.07) is 4.06. The van der Waals surface area contributed by atoms with Crippen molar-refractivity contribution in [3.05, 3.63) is 27.7 Å². The van der Waals surface area contributed by atoms with E-state index in [9.17, 15) is 13.2 Å². The Hall–Kier alpha value is -0.920. The number of hydrogen-bond acceptors (Lipinski definition) is 3. The molecule has 25 heavy (non-hydrogen) atoms. The van der Waals surface area contributed by atoms with Gasteiger partial charge in [0.1, 0.15) is 0 Å². The Bertz CT molecular complexity index is 709. The summed E-state index contributed by atoms with van der Waals surface area (Å²) < 4.78 is 26.7. The van der Waals surface area contributed by atoms with Crippen molar-refractivity contribution in [2.24, 2.45) is 5.92 Å². The van der Waals surface area contributed by atoms with Crippen molar-refractivity contribution in [3.8, 4) is 0 Å². The fourth-order valence-electron chi connectivity index (χ4n) is 3.26. The van der Waals surface area contributed by atoms with Crippen LogP contribution in [0.15, 0.2) is 16.6 Å². The molecule has 1 aliphatic rings. The van der Waals surface area contributed by atoms with Gasteiger partial charge in [0.15, 0.2) is 0 Å². The maximum Gasteiger partial charge on any atom is 0.228 e. The maximum absolute atomic E-state index is 12.8. The molecule has 1 N–H and O–H groups in total. The molecule has 1 aliphatic heterocycles. The lowest BCUT2D eigenvalue weighted by Gasteiger charge is -2.31. The second kappa shape index (κ2) is 8.64. The lowest BCUT2D eigenvalue weighted by Crippen LogP contribution is -2.44. The summed E-state index contributed by atoms with van der Waals surface area (Å²) in [6.45, 7) is 6.56. The summed E-state index contributed by atoms with van der Waals surface area (Å²) in [5.41, 5.74) is 3.07. The van der Waals surface area contributed by atoms with E-state index in [1.54, 1.807) is 6.92 Å². The number of amides is 1. The Morgan fingerprint density at radius 2 is 1.84 bits per heavy atom. The minimum atomic E-state index is -3.24. The quantitative estimate of drug-likeness (QED) is 0.749. The molecule has 0 aromatic heterocycles. The summed E-state index contributed by atoms with van der Waals surface area (Å²) in [7, 11) is -3.24. The predicted octanol–water partition coefficient (Wildman–Crippen LogP) is 3.57. The highest BCUT2D eigenvalue weighted by molar-refractivity contribution is 9.10. The zero-order chi connectivity index (χ0) is 18.6. The van der Waals surface area contributed by atoms with Gasteiger partial charge in [-0.1, -0.05) is 29.8 Å². The second-order valence-electron chi connectivity index (χ2n) is 6.39. The molecule has 0 saturated carbocycles. The van der Waals surface area contributed by atoms with Crippen LogP contribution in [0.4, 0.5) is 5.69 Å². The zero-order valence-corrected chi connectivity index (χ0v) is 17.5. The molecule has 0 spiro atoms. The smallest absolute Gasteiger partial charge is 0.228 e. The minimum absolute atomic E-state index is 0.0774. The second-order valence-corrected chi connectivity index (χ2v) is 9.57. The van der Waals surface area contributed by atoms with Crippen LogP contribution in [-0.4, -0.2) is 37.5 Å². The Kier molecular flexibility index (Phi) is 7.05. The van der Waals surface area contributed by atoms with Crippen molar-refractivity contribution in [1.29, 1.82) is 0 Å². The average Bonchev–Trinajstić information content (AvgIpc) is 2.62. The summed E-state index contributed by atoms with van der Waals surface area (Å²) in [6.07, 6.45) is 3.09. The molecule has 1 aromatic rings. The average molecular weight is 431 g/mol. The van der Waals surface area contributed by atoms with Gasteiger partial charge in [-0.05, 0) is 55.9 Å². The van der Waals surface area contributed by atoms with Crippen LogP contribution in [0, 0.1) is 5.92 Å². The number of sulfonamides is 1. The summed E-state index contributed by atoms with van der Waals surface area (Å²) in [5, 5.41) is 3.09. The first-order valence-corrected chi connectivity index (χ1v) is 11.3. The third-order valence-electron chi connectivity index (χ3n) is 4.79. The largest absolute Gasteiger partial charge is 0.325 e. The van der Waals surface area contributed by atoms with Crippen molar-refractivity contribution < 1.29 is 13.2 Å². The molecular weight excluding hydrogens is 404 g/mol. The number of halogens is 1. The van der Waals surface area contributed by atoms with Crippen molar-refractivity contribution in [2.75, 3.05) is 24.2 Å². The van der Waals surface area contributed by atoms with Gasteiger partial charge in [-0.15, -0.1) is 0 Å². The first kappa shape index (κ1) is 20.4. The zero-order valence-electron chi connectivity index (χ0n) is 15.1. The normalized spacial score (nSPS) is 19.0. The van der Waals surface area contributed by atoms with Gasteiger partial charge in [-0.25, -0.2) is 12.7 Å². The van der Waals surface area contributed by atoms with E-state index in [0.717, 1.165) is 47.0 Å². The molecule has 1 atom stereocenters.